The number of benzene rings is 3. The monoisotopic (exact) mass is 504 g/mol. The molecule has 0 amide bonds. The lowest BCUT2D eigenvalue weighted by molar-refractivity contribution is 0.0703. The smallest absolute Gasteiger partial charge is 0.379 e. The molecule has 1 aromatic heterocycles. The van der Waals surface area contributed by atoms with E-state index in [1.807, 2.05) is 30.3 Å². The highest BCUT2D eigenvalue weighted by molar-refractivity contribution is 9.10. The van der Waals surface area contributed by atoms with Crippen molar-refractivity contribution in [3.63, 3.8) is 0 Å². The van der Waals surface area contributed by atoms with Crippen molar-refractivity contribution in [2.45, 2.75) is 6.92 Å². The number of carbonyl (C=O) groups is 2. The molecule has 33 heavy (non-hydrogen) atoms. The summed E-state index contributed by atoms with van der Waals surface area (Å²) in [4.78, 5) is 25.6. The number of fused-ring (bicyclic) bond motifs is 2. The average molecular weight is 505 g/mol. The number of esters is 1. The summed E-state index contributed by atoms with van der Waals surface area (Å²) < 4.78 is 23.0. The Morgan fingerprint density at radius 1 is 1.03 bits per heavy atom. The SMILES string of the molecule is COc1cccc(/C=C2\Oc3cc(OC(=O)c4cc5cc(Br)ccc5o4)cc(C)c3C2=O)c1. The van der Waals surface area contributed by atoms with Crippen molar-refractivity contribution in [3.8, 4) is 17.2 Å². The molecular weight excluding hydrogens is 488 g/mol. The fraction of sp³-hybridized carbons (Fsp3) is 0.0769. The highest BCUT2D eigenvalue weighted by Crippen LogP contribution is 2.38. The molecule has 2 heterocycles. The number of hydrogen-bond acceptors (Lipinski definition) is 6. The molecule has 1 aliphatic rings. The predicted molar refractivity (Wildman–Crippen MR) is 126 cm³/mol. The van der Waals surface area contributed by atoms with Crippen molar-refractivity contribution in [2.75, 3.05) is 7.11 Å². The predicted octanol–water partition coefficient (Wildman–Crippen LogP) is 6.35. The van der Waals surface area contributed by atoms with Gasteiger partial charge in [0.25, 0.3) is 0 Å². The third-order valence-electron chi connectivity index (χ3n) is 5.23. The molecule has 0 aliphatic carbocycles. The van der Waals surface area contributed by atoms with Crippen LogP contribution < -0.4 is 14.2 Å². The second-order valence-corrected chi connectivity index (χ2v) is 8.43. The Morgan fingerprint density at radius 2 is 1.88 bits per heavy atom. The quantitative estimate of drug-likeness (QED) is 0.183. The number of carbonyl (C=O) groups excluding carboxylic acids is 2. The van der Waals surface area contributed by atoms with Crippen LogP contribution in [0.1, 0.15) is 32.0 Å². The van der Waals surface area contributed by atoms with Gasteiger partial charge in [-0.15, -0.1) is 0 Å². The molecule has 0 saturated heterocycles. The molecule has 0 spiro atoms. The van der Waals surface area contributed by atoms with Crippen molar-refractivity contribution >= 4 is 44.7 Å². The van der Waals surface area contributed by atoms with Crippen LogP contribution >= 0.6 is 15.9 Å². The maximum Gasteiger partial charge on any atom is 0.379 e. The van der Waals surface area contributed by atoms with E-state index in [0.717, 1.165) is 15.4 Å². The Balaban J connectivity index is 1.41. The van der Waals surface area contributed by atoms with E-state index in [2.05, 4.69) is 15.9 Å². The fourth-order valence-electron chi connectivity index (χ4n) is 3.69. The fourth-order valence-corrected chi connectivity index (χ4v) is 4.07. The zero-order valence-electron chi connectivity index (χ0n) is 17.7. The molecule has 7 heteroatoms. The summed E-state index contributed by atoms with van der Waals surface area (Å²) in [6.45, 7) is 1.77. The molecule has 0 saturated carbocycles. The zero-order chi connectivity index (χ0) is 23.1. The van der Waals surface area contributed by atoms with Gasteiger partial charge in [-0.1, -0.05) is 28.1 Å². The van der Waals surface area contributed by atoms with E-state index in [-0.39, 0.29) is 23.1 Å². The van der Waals surface area contributed by atoms with Gasteiger partial charge in [0.05, 0.1) is 12.7 Å². The van der Waals surface area contributed by atoms with Crippen LogP contribution in [0.2, 0.25) is 0 Å². The lowest BCUT2D eigenvalue weighted by atomic mass is 10.0. The molecule has 4 aromatic rings. The molecule has 0 N–H and O–H groups in total. The molecule has 0 fully saturated rings. The van der Waals surface area contributed by atoms with Crippen LogP contribution in [-0.2, 0) is 0 Å². The van der Waals surface area contributed by atoms with Crippen molar-refractivity contribution in [3.05, 3.63) is 93.3 Å². The van der Waals surface area contributed by atoms with Crippen LogP contribution in [-0.4, -0.2) is 18.9 Å². The number of halogens is 1. The molecule has 6 nitrogen and oxygen atoms in total. The second kappa shape index (κ2) is 8.26. The Labute approximate surface area is 197 Å². The third-order valence-corrected chi connectivity index (χ3v) is 5.72. The minimum Gasteiger partial charge on any atom is -0.497 e. The first-order valence-electron chi connectivity index (χ1n) is 10.1. The summed E-state index contributed by atoms with van der Waals surface area (Å²) in [6, 6.07) is 17.5. The first kappa shape index (κ1) is 21.0. The molecule has 0 atom stereocenters. The highest BCUT2D eigenvalue weighted by Gasteiger charge is 2.30. The number of aryl methyl sites for hydroxylation is 1. The molecule has 1 aliphatic heterocycles. The van der Waals surface area contributed by atoms with Crippen LogP contribution in [0, 0.1) is 6.92 Å². The van der Waals surface area contributed by atoms with E-state index in [0.29, 0.717) is 28.2 Å². The number of methoxy groups -OCH3 is 1. The van der Waals surface area contributed by atoms with Gasteiger partial charge in [0.1, 0.15) is 22.8 Å². The minimum absolute atomic E-state index is 0.0804. The number of rotatable bonds is 4. The maximum absolute atomic E-state index is 12.9. The van der Waals surface area contributed by atoms with Gasteiger partial charge in [-0.2, -0.15) is 0 Å². The van der Waals surface area contributed by atoms with Gasteiger partial charge in [-0.25, -0.2) is 4.79 Å². The topological polar surface area (TPSA) is 75.0 Å². The summed E-state index contributed by atoms with van der Waals surface area (Å²) >= 11 is 3.40. The number of Topliss-reactive ketones (excluding diaryl/α,β-unsaturated/α-hetero) is 1. The number of allylic oxidation sites excluding steroid dienone is 1. The Morgan fingerprint density at radius 3 is 2.70 bits per heavy atom. The van der Waals surface area contributed by atoms with Crippen molar-refractivity contribution in [1.82, 2.24) is 0 Å². The first-order chi connectivity index (χ1) is 15.9. The zero-order valence-corrected chi connectivity index (χ0v) is 19.3. The van der Waals surface area contributed by atoms with Crippen LogP contribution in [0.4, 0.5) is 0 Å². The van der Waals surface area contributed by atoms with E-state index in [1.165, 1.54) is 6.07 Å². The van der Waals surface area contributed by atoms with Gasteiger partial charge in [0.15, 0.2) is 5.76 Å². The number of ketones is 1. The summed E-state index contributed by atoms with van der Waals surface area (Å²) in [5.41, 5.74) is 2.43. The van der Waals surface area contributed by atoms with Gasteiger partial charge in [-0.3, -0.25) is 4.79 Å². The third kappa shape index (κ3) is 4.03. The van der Waals surface area contributed by atoms with Crippen molar-refractivity contribution in [2.24, 2.45) is 0 Å². The Hall–Kier alpha value is -3.84. The lowest BCUT2D eigenvalue weighted by Crippen LogP contribution is -2.07. The largest absolute Gasteiger partial charge is 0.497 e. The summed E-state index contributed by atoms with van der Waals surface area (Å²) in [5, 5.41) is 0.780. The van der Waals surface area contributed by atoms with E-state index < -0.39 is 5.97 Å². The van der Waals surface area contributed by atoms with Crippen LogP contribution in [0.25, 0.3) is 17.0 Å². The summed E-state index contributed by atoms with van der Waals surface area (Å²) in [7, 11) is 1.58. The minimum atomic E-state index is -0.641. The van der Waals surface area contributed by atoms with E-state index in [4.69, 9.17) is 18.6 Å². The van der Waals surface area contributed by atoms with Crippen LogP contribution in [0.5, 0.6) is 17.2 Å². The first-order valence-corrected chi connectivity index (χ1v) is 10.8. The number of hydrogen-bond donors (Lipinski definition) is 0. The number of ether oxygens (including phenoxy) is 3. The van der Waals surface area contributed by atoms with Gasteiger partial charge < -0.3 is 18.6 Å². The average Bonchev–Trinajstić information content (AvgIpc) is 3.35. The van der Waals surface area contributed by atoms with Crippen LogP contribution in [0.15, 0.2) is 75.3 Å². The summed E-state index contributed by atoms with van der Waals surface area (Å²) in [5.74, 6) is 0.670. The Kier molecular flexibility index (Phi) is 5.26. The molecular formula is C26H17BrO6. The molecule has 3 aromatic carbocycles. The molecule has 0 bridgehead atoms. The molecule has 0 radical (unpaired) electrons. The lowest BCUT2D eigenvalue weighted by Gasteiger charge is -2.06. The van der Waals surface area contributed by atoms with Gasteiger partial charge >= 0.3 is 5.97 Å². The standard InChI is InChI=1S/C26H17BrO6/c1-14-8-19(31-26(29)23-12-16-11-17(27)6-7-20(16)32-23)13-21-24(14)25(28)22(33-21)10-15-4-3-5-18(9-15)30-2/h3-13H,1-2H3/b22-10-. The van der Waals surface area contributed by atoms with Gasteiger partial charge in [-0.05, 0) is 66.6 Å². The normalized spacial score (nSPS) is 13.8. The van der Waals surface area contributed by atoms with Gasteiger partial charge in [0.2, 0.25) is 11.5 Å². The van der Waals surface area contributed by atoms with E-state index in [1.54, 1.807) is 44.4 Å². The van der Waals surface area contributed by atoms with Crippen molar-refractivity contribution < 1.29 is 28.2 Å². The molecule has 5 rings (SSSR count). The van der Waals surface area contributed by atoms with Crippen LogP contribution in [0.3, 0.4) is 0 Å². The Bertz CT molecular complexity index is 1460. The van der Waals surface area contributed by atoms with Gasteiger partial charge in [0, 0.05) is 15.9 Å². The highest BCUT2D eigenvalue weighted by atomic mass is 79.9. The molecule has 0 unspecified atom stereocenters. The van der Waals surface area contributed by atoms with E-state index in [9.17, 15) is 9.59 Å². The van der Waals surface area contributed by atoms with E-state index >= 15 is 0 Å². The number of furan rings is 1. The second-order valence-electron chi connectivity index (χ2n) is 7.51. The van der Waals surface area contributed by atoms with Crippen molar-refractivity contribution in [1.29, 1.82) is 0 Å². The maximum atomic E-state index is 12.9. The molecule has 164 valence electrons. The summed E-state index contributed by atoms with van der Waals surface area (Å²) in [6.07, 6.45) is 1.66.